The van der Waals surface area contributed by atoms with Crippen LogP contribution in [0.15, 0.2) is 59.5 Å². The highest BCUT2D eigenvalue weighted by atomic mass is 32.2. The molecule has 0 aromatic heterocycles. The van der Waals surface area contributed by atoms with E-state index in [-0.39, 0.29) is 26.0 Å². The lowest BCUT2D eigenvalue weighted by molar-refractivity contribution is -0.387. The maximum Gasteiger partial charge on any atom is 0.407 e. The van der Waals surface area contributed by atoms with Crippen molar-refractivity contribution in [2.24, 2.45) is 0 Å². The summed E-state index contributed by atoms with van der Waals surface area (Å²) in [5.74, 6) is -1.41. The highest BCUT2D eigenvalue weighted by Gasteiger charge is 2.30. The third-order valence-corrected chi connectivity index (χ3v) is 5.87. The molecule has 0 heterocycles. The Labute approximate surface area is 184 Å². The number of unbranched alkanes of at least 4 members (excludes halogenated alkanes) is 1. The van der Waals surface area contributed by atoms with Gasteiger partial charge >= 0.3 is 12.1 Å². The van der Waals surface area contributed by atoms with Crippen LogP contribution in [0.25, 0.3) is 0 Å². The number of nitrogens with zero attached hydrogens (tertiary/aromatic N) is 1. The molecular formula is C20H23N3O8S. The molecule has 0 spiro atoms. The molecule has 0 aliphatic heterocycles. The number of nitro benzene ring substituents is 1. The summed E-state index contributed by atoms with van der Waals surface area (Å²) in [7, 11) is -4.43. The number of carboxylic acids is 1. The van der Waals surface area contributed by atoms with Crippen LogP contribution in [0.2, 0.25) is 0 Å². The lowest BCUT2D eigenvalue weighted by Crippen LogP contribution is -2.41. The summed E-state index contributed by atoms with van der Waals surface area (Å²) in [4.78, 5) is 32.7. The molecular weight excluding hydrogens is 442 g/mol. The first-order valence-electron chi connectivity index (χ1n) is 9.64. The van der Waals surface area contributed by atoms with E-state index in [0.717, 1.165) is 17.7 Å². The Morgan fingerprint density at radius 2 is 1.72 bits per heavy atom. The van der Waals surface area contributed by atoms with Gasteiger partial charge in [-0.25, -0.2) is 13.2 Å². The number of carbonyl (C=O) groups excluding carboxylic acids is 1. The average molecular weight is 465 g/mol. The Morgan fingerprint density at radius 3 is 2.38 bits per heavy atom. The summed E-state index contributed by atoms with van der Waals surface area (Å²) < 4.78 is 32.0. The summed E-state index contributed by atoms with van der Waals surface area (Å²) in [5.41, 5.74) is 0.181. The van der Waals surface area contributed by atoms with Crippen LogP contribution in [-0.2, 0) is 26.2 Å². The van der Waals surface area contributed by atoms with Gasteiger partial charge in [-0.3, -0.25) is 14.9 Å². The predicted molar refractivity (Wildman–Crippen MR) is 113 cm³/mol. The molecule has 1 atom stereocenters. The minimum atomic E-state index is -4.43. The van der Waals surface area contributed by atoms with Crippen LogP contribution >= 0.6 is 0 Å². The number of hydrogen-bond donors (Lipinski definition) is 3. The number of carbonyl (C=O) groups is 2. The molecule has 0 unspecified atom stereocenters. The molecule has 0 saturated carbocycles. The van der Waals surface area contributed by atoms with Gasteiger partial charge in [0.1, 0.15) is 12.6 Å². The number of aliphatic carboxylic acids is 1. The van der Waals surface area contributed by atoms with Crippen molar-refractivity contribution in [2.75, 3.05) is 6.54 Å². The van der Waals surface area contributed by atoms with Crippen molar-refractivity contribution in [3.63, 3.8) is 0 Å². The smallest absolute Gasteiger partial charge is 0.407 e. The van der Waals surface area contributed by atoms with E-state index in [9.17, 15) is 33.2 Å². The van der Waals surface area contributed by atoms with Crippen LogP contribution in [0.4, 0.5) is 10.5 Å². The second kappa shape index (κ2) is 11.8. The van der Waals surface area contributed by atoms with Gasteiger partial charge in [-0.2, -0.15) is 4.72 Å². The number of hydrogen-bond acceptors (Lipinski definition) is 7. The summed E-state index contributed by atoms with van der Waals surface area (Å²) in [6.07, 6.45) is -0.0522. The van der Waals surface area contributed by atoms with Crippen molar-refractivity contribution >= 4 is 27.8 Å². The molecule has 32 heavy (non-hydrogen) atoms. The lowest BCUT2D eigenvalue weighted by atomic mass is 10.1. The molecule has 0 fully saturated rings. The summed E-state index contributed by atoms with van der Waals surface area (Å²) >= 11 is 0. The third-order valence-electron chi connectivity index (χ3n) is 4.35. The molecule has 0 aliphatic rings. The fourth-order valence-corrected chi connectivity index (χ4v) is 4.15. The standard InChI is InChI=1S/C20H23N3O8S/c24-19(25)16(22-32(29,30)18-12-5-4-11-17(18)23(27)28)10-6-7-13-21-20(26)31-14-15-8-2-1-3-9-15/h1-5,8-9,11-12,16,22H,6-7,10,13-14H2,(H,21,26)(H,24,25)/t16-/m0/s1. The Balaban J connectivity index is 1.81. The second-order valence-corrected chi connectivity index (χ2v) is 8.40. The molecule has 2 aromatic rings. The quantitative estimate of drug-likeness (QED) is 0.244. The topological polar surface area (TPSA) is 165 Å². The molecule has 0 saturated heterocycles. The number of sulfonamides is 1. The van der Waals surface area contributed by atoms with Crippen LogP contribution in [0, 0.1) is 10.1 Å². The number of nitrogens with one attached hydrogen (secondary N) is 2. The number of benzene rings is 2. The molecule has 3 N–H and O–H groups in total. The number of carboxylic acid groups (broad SMARTS) is 1. The molecule has 2 aromatic carbocycles. The zero-order valence-corrected chi connectivity index (χ0v) is 17.8. The van der Waals surface area contributed by atoms with Crippen molar-refractivity contribution in [1.29, 1.82) is 0 Å². The van der Waals surface area contributed by atoms with Crippen LogP contribution in [0.3, 0.4) is 0 Å². The first-order valence-corrected chi connectivity index (χ1v) is 11.1. The largest absolute Gasteiger partial charge is 0.480 e. The summed E-state index contributed by atoms with van der Waals surface area (Å²) in [6, 6.07) is 12.3. The first-order chi connectivity index (χ1) is 15.2. The fraction of sp³-hybridized carbons (Fsp3) is 0.300. The molecule has 2 rings (SSSR count). The zero-order valence-electron chi connectivity index (χ0n) is 17.0. The minimum Gasteiger partial charge on any atom is -0.480 e. The van der Waals surface area contributed by atoms with Crippen LogP contribution < -0.4 is 10.0 Å². The van der Waals surface area contributed by atoms with Gasteiger partial charge in [0.25, 0.3) is 5.69 Å². The Hall–Kier alpha value is -3.51. The van der Waals surface area contributed by atoms with Crippen molar-refractivity contribution in [3.8, 4) is 0 Å². The third kappa shape index (κ3) is 7.63. The van der Waals surface area contributed by atoms with E-state index >= 15 is 0 Å². The monoisotopic (exact) mass is 465 g/mol. The van der Waals surface area contributed by atoms with E-state index in [1.807, 2.05) is 35.1 Å². The number of para-hydroxylation sites is 1. The van der Waals surface area contributed by atoms with Gasteiger partial charge in [0.15, 0.2) is 4.90 Å². The molecule has 0 aliphatic carbocycles. The van der Waals surface area contributed by atoms with Crippen molar-refractivity contribution in [3.05, 3.63) is 70.3 Å². The van der Waals surface area contributed by atoms with Gasteiger partial charge in [-0.1, -0.05) is 42.5 Å². The molecule has 0 bridgehead atoms. The predicted octanol–water partition coefficient (Wildman–Crippen LogP) is 2.42. The maximum atomic E-state index is 12.5. The normalized spacial score (nSPS) is 12.0. The number of amides is 1. The molecule has 172 valence electrons. The van der Waals surface area contributed by atoms with Crippen LogP contribution in [0.5, 0.6) is 0 Å². The van der Waals surface area contributed by atoms with E-state index in [2.05, 4.69) is 5.32 Å². The van der Waals surface area contributed by atoms with Gasteiger partial charge < -0.3 is 15.2 Å². The van der Waals surface area contributed by atoms with Gasteiger partial charge in [-0.15, -0.1) is 0 Å². The number of ether oxygens (including phenoxy) is 1. The molecule has 12 heteroatoms. The number of alkyl carbamates (subject to hydrolysis) is 1. The SMILES string of the molecule is O=C(NCCCC[C@H](NS(=O)(=O)c1ccccc1[N+](=O)[O-])C(=O)O)OCc1ccccc1. The lowest BCUT2D eigenvalue weighted by Gasteiger charge is -2.15. The average Bonchev–Trinajstić information content (AvgIpc) is 2.77. The first kappa shape index (κ1) is 24.8. The maximum absolute atomic E-state index is 12.5. The van der Waals surface area contributed by atoms with E-state index in [4.69, 9.17) is 4.74 Å². The van der Waals surface area contributed by atoms with Gasteiger partial charge in [-0.05, 0) is 30.9 Å². The van der Waals surface area contributed by atoms with E-state index < -0.39 is 43.6 Å². The fourth-order valence-electron chi connectivity index (χ4n) is 2.76. The van der Waals surface area contributed by atoms with E-state index in [0.29, 0.717) is 6.42 Å². The molecule has 11 nitrogen and oxygen atoms in total. The molecule has 1 amide bonds. The van der Waals surface area contributed by atoms with Gasteiger partial charge in [0, 0.05) is 12.6 Å². The molecule has 0 radical (unpaired) electrons. The number of nitro groups is 1. The second-order valence-electron chi connectivity index (χ2n) is 6.72. The van der Waals surface area contributed by atoms with Crippen molar-refractivity contribution < 1.29 is 32.8 Å². The van der Waals surface area contributed by atoms with Crippen LogP contribution in [0.1, 0.15) is 24.8 Å². The zero-order chi connectivity index (χ0) is 23.6. The van der Waals surface area contributed by atoms with Gasteiger partial charge in [0.05, 0.1) is 4.92 Å². The minimum absolute atomic E-state index is 0.0735. The van der Waals surface area contributed by atoms with Crippen molar-refractivity contribution in [1.82, 2.24) is 10.0 Å². The van der Waals surface area contributed by atoms with Crippen molar-refractivity contribution in [2.45, 2.75) is 36.8 Å². The highest BCUT2D eigenvalue weighted by molar-refractivity contribution is 7.89. The van der Waals surface area contributed by atoms with Crippen LogP contribution in [-0.4, -0.2) is 43.1 Å². The Kier molecular flexibility index (Phi) is 9.10. The number of rotatable bonds is 12. The summed E-state index contributed by atoms with van der Waals surface area (Å²) in [6.45, 7) is 0.317. The highest BCUT2D eigenvalue weighted by Crippen LogP contribution is 2.23. The Bertz CT molecular complexity index is 1040. The summed E-state index contributed by atoms with van der Waals surface area (Å²) in [5, 5.41) is 22.9. The van der Waals surface area contributed by atoms with E-state index in [1.54, 1.807) is 0 Å². The van der Waals surface area contributed by atoms with E-state index in [1.165, 1.54) is 12.1 Å². The Morgan fingerprint density at radius 1 is 1.06 bits per heavy atom. The van der Waals surface area contributed by atoms with Gasteiger partial charge in [0.2, 0.25) is 10.0 Å².